The average Bonchev–Trinajstić information content (AvgIpc) is 3.00. The highest BCUT2D eigenvalue weighted by Gasteiger charge is 2.41. The summed E-state index contributed by atoms with van der Waals surface area (Å²) in [4.78, 5) is 29.4. The van der Waals surface area contributed by atoms with E-state index in [4.69, 9.17) is 16.3 Å². The lowest BCUT2D eigenvalue weighted by Gasteiger charge is -2.18. The number of carbonyl (C=O) groups is 2. The van der Waals surface area contributed by atoms with E-state index in [2.05, 4.69) is 0 Å². The van der Waals surface area contributed by atoms with Crippen molar-refractivity contribution in [3.8, 4) is 5.75 Å². The van der Waals surface area contributed by atoms with Crippen LogP contribution in [0.1, 0.15) is 11.1 Å². The molecule has 150 valence electrons. The Morgan fingerprint density at radius 3 is 2.23 bits per heavy atom. The van der Waals surface area contributed by atoms with Crippen LogP contribution >= 0.6 is 23.4 Å². The summed E-state index contributed by atoms with van der Waals surface area (Å²) in [6.07, 6.45) is 0. The molecule has 1 heterocycles. The Hall–Kier alpha value is -3.02. The molecule has 4 nitrogen and oxygen atoms in total. The monoisotopic (exact) mass is 435 g/mol. The Kier molecular flexibility index (Phi) is 5.66. The Balaban J connectivity index is 1.84. The third-order valence-corrected chi connectivity index (χ3v) is 6.36. The zero-order valence-electron chi connectivity index (χ0n) is 16.4. The quantitative estimate of drug-likeness (QED) is 0.480. The summed E-state index contributed by atoms with van der Waals surface area (Å²) in [5, 5.41) is 0.503. The van der Waals surface area contributed by atoms with Gasteiger partial charge in [0, 0.05) is 9.92 Å². The predicted molar refractivity (Wildman–Crippen MR) is 121 cm³/mol. The molecule has 0 radical (unpaired) electrons. The number of anilines is 1. The molecule has 30 heavy (non-hydrogen) atoms. The van der Waals surface area contributed by atoms with E-state index < -0.39 is 0 Å². The number of thioether (sulfide) groups is 1. The molecule has 3 aromatic rings. The first-order valence-electron chi connectivity index (χ1n) is 9.26. The summed E-state index contributed by atoms with van der Waals surface area (Å²) in [6, 6.07) is 21.9. The minimum absolute atomic E-state index is 0.356. The van der Waals surface area contributed by atoms with Crippen molar-refractivity contribution < 1.29 is 14.3 Å². The van der Waals surface area contributed by atoms with Gasteiger partial charge in [-0.3, -0.25) is 9.59 Å². The van der Waals surface area contributed by atoms with Crippen LogP contribution in [0.4, 0.5) is 5.69 Å². The number of halogens is 1. The number of hydrogen-bond donors (Lipinski definition) is 0. The van der Waals surface area contributed by atoms with Crippen LogP contribution in [0.5, 0.6) is 5.75 Å². The van der Waals surface area contributed by atoms with E-state index in [1.165, 1.54) is 16.7 Å². The summed E-state index contributed by atoms with van der Waals surface area (Å²) in [6.45, 7) is 1.80. The molecule has 0 fully saturated rings. The van der Waals surface area contributed by atoms with Crippen LogP contribution in [-0.2, 0) is 9.59 Å². The molecule has 0 N–H and O–H groups in total. The zero-order valence-corrected chi connectivity index (χ0v) is 18.0. The highest BCUT2D eigenvalue weighted by Crippen LogP contribution is 2.42. The molecule has 2 amide bonds. The van der Waals surface area contributed by atoms with Gasteiger partial charge in [0.1, 0.15) is 5.75 Å². The minimum atomic E-state index is -0.367. The Bertz CT molecular complexity index is 1160. The van der Waals surface area contributed by atoms with Gasteiger partial charge in [-0.15, -0.1) is 0 Å². The molecule has 0 saturated carbocycles. The smallest absolute Gasteiger partial charge is 0.272 e. The molecule has 3 aromatic carbocycles. The molecule has 4 rings (SSSR count). The van der Waals surface area contributed by atoms with Gasteiger partial charge >= 0.3 is 0 Å². The van der Waals surface area contributed by atoms with Crippen molar-refractivity contribution in [3.05, 3.63) is 93.9 Å². The lowest BCUT2D eigenvalue weighted by molar-refractivity contribution is -0.119. The van der Waals surface area contributed by atoms with E-state index in [-0.39, 0.29) is 11.8 Å². The molecular weight excluding hydrogens is 418 g/mol. The first kappa shape index (κ1) is 20.3. The van der Waals surface area contributed by atoms with Gasteiger partial charge in [-0.1, -0.05) is 59.8 Å². The number of amides is 2. The van der Waals surface area contributed by atoms with E-state index in [9.17, 15) is 9.59 Å². The molecule has 0 aromatic heterocycles. The van der Waals surface area contributed by atoms with Gasteiger partial charge in [-0.25, -0.2) is 4.90 Å². The largest absolute Gasteiger partial charge is 0.497 e. The van der Waals surface area contributed by atoms with E-state index in [0.29, 0.717) is 38.1 Å². The normalized spacial score (nSPS) is 13.9. The lowest BCUT2D eigenvalue weighted by atomic mass is 10.1. The maximum Gasteiger partial charge on any atom is 0.272 e. The molecule has 0 saturated heterocycles. The van der Waals surface area contributed by atoms with Crippen molar-refractivity contribution in [2.75, 3.05) is 12.0 Å². The van der Waals surface area contributed by atoms with E-state index >= 15 is 0 Å². The molecule has 0 spiro atoms. The van der Waals surface area contributed by atoms with Crippen molar-refractivity contribution in [2.24, 2.45) is 0 Å². The van der Waals surface area contributed by atoms with Crippen LogP contribution in [0.25, 0.3) is 5.57 Å². The predicted octanol–water partition coefficient (Wildman–Crippen LogP) is 5.73. The molecule has 0 bridgehead atoms. The van der Waals surface area contributed by atoms with E-state index in [1.54, 1.807) is 56.5 Å². The molecule has 0 aliphatic carbocycles. The molecule has 1 aliphatic rings. The summed E-state index contributed by atoms with van der Waals surface area (Å²) in [5.74, 6) is -0.0464. The highest BCUT2D eigenvalue weighted by atomic mass is 35.5. The number of methoxy groups -OCH3 is 1. The average molecular weight is 436 g/mol. The maximum absolute atomic E-state index is 13.5. The summed E-state index contributed by atoms with van der Waals surface area (Å²) in [5.41, 5.74) is 2.21. The number of benzene rings is 3. The van der Waals surface area contributed by atoms with Crippen molar-refractivity contribution >= 4 is 46.4 Å². The first-order chi connectivity index (χ1) is 14.5. The van der Waals surface area contributed by atoms with Crippen LogP contribution < -0.4 is 9.64 Å². The van der Waals surface area contributed by atoms with Crippen LogP contribution in [-0.4, -0.2) is 18.9 Å². The third kappa shape index (κ3) is 3.62. The van der Waals surface area contributed by atoms with Crippen LogP contribution in [0.15, 0.2) is 82.6 Å². The van der Waals surface area contributed by atoms with Gasteiger partial charge < -0.3 is 4.74 Å². The van der Waals surface area contributed by atoms with Gasteiger partial charge in [0.15, 0.2) is 0 Å². The number of imide groups is 1. The van der Waals surface area contributed by atoms with E-state index in [1.807, 2.05) is 30.3 Å². The van der Waals surface area contributed by atoms with Crippen LogP contribution in [0.2, 0.25) is 5.02 Å². The number of rotatable bonds is 5. The third-order valence-electron chi connectivity index (χ3n) is 4.86. The van der Waals surface area contributed by atoms with Crippen molar-refractivity contribution in [1.82, 2.24) is 0 Å². The standard InChI is InChI=1S/C24H18ClNO3S/c1-15-19(25)9-6-10-20(15)26-23(27)21(16-11-13-17(29-2)14-12-16)22(24(26)28)30-18-7-4-3-5-8-18/h3-14H,1-2H3. The van der Waals surface area contributed by atoms with Crippen molar-refractivity contribution in [1.29, 1.82) is 0 Å². The Morgan fingerprint density at radius 2 is 1.57 bits per heavy atom. The Labute approximate surface area is 184 Å². The fourth-order valence-corrected chi connectivity index (χ4v) is 4.46. The number of hydrogen-bond acceptors (Lipinski definition) is 4. The van der Waals surface area contributed by atoms with Crippen LogP contribution in [0, 0.1) is 6.92 Å². The first-order valence-corrected chi connectivity index (χ1v) is 10.5. The molecule has 0 atom stereocenters. The summed E-state index contributed by atoms with van der Waals surface area (Å²) >= 11 is 7.55. The molecular formula is C24H18ClNO3S. The van der Waals surface area contributed by atoms with Gasteiger partial charge in [-0.05, 0) is 54.4 Å². The van der Waals surface area contributed by atoms with Gasteiger partial charge in [0.05, 0.1) is 23.3 Å². The lowest BCUT2D eigenvalue weighted by Crippen LogP contribution is -2.32. The van der Waals surface area contributed by atoms with Crippen molar-refractivity contribution in [2.45, 2.75) is 11.8 Å². The number of ether oxygens (including phenoxy) is 1. The molecule has 1 aliphatic heterocycles. The zero-order chi connectivity index (χ0) is 21.3. The van der Waals surface area contributed by atoms with Gasteiger partial charge in [0.25, 0.3) is 11.8 Å². The number of nitrogens with zero attached hydrogens (tertiary/aromatic N) is 1. The van der Waals surface area contributed by atoms with Crippen LogP contribution in [0.3, 0.4) is 0 Å². The second-order valence-electron chi connectivity index (χ2n) is 6.68. The second kappa shape index (κ2) is 8.38. The second-order valence-corrected chi connectivity index (χ2v) is 8.17. The van der Waals surface area contributed by atoms with Gasteiger partial charge in [-0.2, -0.15) is 0 Å². The summed E-state index contributed by atoms with van der Waals surface area (Å²) in [7, 11) is 1.58. The number of carbonyl (C=O) groups excluding carboxylic acids is 2. The van der Waals surface area contributed by atoms with E-state index in [0.717, 1.165) is 4.90 Å². The molecule has 6 heteroatoms. The summed E-state index contributed by atoms with van der Waals surface area (Å²) < 4.78 is 5.22. The molecule has 0 unspecified atom stereocenters. The Morgan fingerprint density at radius 1 is 0.867 bits per heavy atom. The maximum atomic E-state index is 13.5. The van der Waals surface area contributed by atoms with Gasteiger partial charge in [0.2, 0.25) is 0 Å². The topological polar surface area (TPSA) is 46.6 Å². The fraction of sp³-hybridized carbons (Fsp3) is 0.0833. The SMILES string of the molecule is COc1ccc(C2=C(Sc3ccccc3)C(=O)N(c3cccc(Cl)c3C)C2=O)cc1. The highest BCUT2D eigenvalue weighted by molar-refractivity contribution is 8.04. The minimum Gasteiger partial charge on any atom is -0.497 e. The fourth-order valence-electron chi connectivity index (χ4n) is 3.28. The van der Waals surface area contributed by atoms with Crippen molar-refractivity contribution in [3.63, 3.8) is 0 Å².